The van der Waals surface area contributed by atoms with E-state index in [1.54, 1.807) is 46.0 Å². The third kappa shape index (κ3) is 6.15. The molecular weight excluding hydrogens is 587 g/mol. The number of hydrogen-bond donors (Lipinski definition) is 2. The summed E-state index contributed by atoms with van der Waals surface area (Å²) in [6.45, 7) is 9.64. The largest absolute Gasteiger partial charge is 0.481 e. The van der Waals surface area contributed by atoms with Crippen LogP contribution in [0.15, 0.2) is 51.0 Å². The molecule has 2 saturated heterocycles. The zero-order chi connectivity index (χ0) is 31.6. The molecule has 2 N–H and O–H groups in total. The summed E-state index contributed by atoms with van der Waals surface area (Å²) >= 11 is 1.40. The molecule has 3 aliphatic heterocycles. The van der Waals surface area contributed by atoms with E-state index in [2.05, 4.69) is 20.2 Å². The average Bonchev–Trinajstić information content (AvgIpc) is 3.63. The van der Waals surface area contributed by atoms with E-state index in [1.165, 1.54) is 17.4 Å². The molecule has 0 spiro atoms. The fourth-order valence-corrected chi connectivity index (χ4v) is 6.44. The number of nitriles is 1. The number of carbonyl (C=O) groups is 2. The topological polar surface area (TPSA) is 147 Å². The number of aliphatic carboxylic acids is 1. The Morgan fingerprint density at radius 2 is 2.11 bits per heavy atom. The molecule has 5 rings (SSSR count). The molecule has 3 aliphatic rings. The van der Waals surface area contributed by atoms with Crippen LogP contribution in [-0.2, 0) is 14.3 Å². The van der Waals surface area contributed by atoms with Crippen LogP contribution in [0, 0.1) is 29.6 Å². The molecule has 14 heteroatoms. The Labute approximate surface area is 259 Å². The smallest absolute Gasteiger partial charge is 0.338 e. The number of piperazine rings is 1. The van der Waals surface area contributed by atoms with Gasteiger partial charge in [0.1, 0.15) is 11.9 Å². The number of esters is 1. The number of aliphatic imine (C=N–C) groups is 2. The van der Waals surface area contributed by atoms with Gasteiger partial charge in [-0.25, -0.2) is 14.2 Å². The second-order valence-electron chi connectivity index (χ2n) is 11.6. The summed E-state index contributed by atoms with van der Waals surface area (Å²) in [7, 11) is 0. The molecule has 232 valence electrons. The van der Waals surface area contributed by atoms with Gasteiger partial charge in [-0.3, -0.25) is 14.7 Å². The number of carboxylic acid groups (broad SMARTS) is 1. The van der Waals surface area contributed by atoms with Crippen LogP contribution in [-0.4, -0.2) is 100 Å². The first-order valence-corrected chi connectivity index (χ1v) is 15.3. The molecule has 0 radical (unpaired) electrons. The maximum atomic E-state index is 14.8. The lowest BCUT2D eigenvalue weighted by molar-refractivity contribution is -0.147. The summed E-state index contributed by atoms with van der Waals surface area (Å²) in [5, 5.41) is 24.9. The Morgan fingerprint density at radius 3 is 2.80 bits per heavy atom. The van der Waals surface area contributed by atoms with Crippen molar-refractivity contribution >= 4 is 35.1 Å². The van der Waals surface area contributed by atoms with Gasteiger partial charge < -0.3 is 25.0 Å². The number of fused-ring (bicyclic) bond motifs is 1. The van der Waals surface area contributed by atoms with E-state index >= 15 is 0 Å². The van der Waals surface area contributed by atoms with Crippen molar-refractivity contribution in [3.8, 4) is 6.19 Å². The van der Waals surface area contributed by atoms with Crippen molar-refractivity contribution in [3.05, 3.63) is 63.0 Å². The summed E-state index contributed by atoms with van der Waals surface area (Å²) < 4.78 is 20.3. The summed E-state index contributed by atoms with van der Waals surface area (Å²) in [4.78, 5) is 44.8. The lowest BCUT2D eigenvalue weighted by Crippen LogP contribution is -2.53. The van der Waals surface area contributed by atoms with Crippen LogP contribution in [0.2, 0.25) is 0 Å². The second-order valence-corrected chi connectivity index (χ2v) is 12.5. The molecule has 2 unspecified atom stereocenters. The van der Waals surface area contributed by atoms with E-state index in [0.717, 1.165) is 0 Å². The number of amidine groups is 1. The first kappa shape index (κ1) is 31.1. The number of hydrogen-bond acceptors (Lipinski definition) is 10. The first-order chi connectivity index (χ1) is 21.0. The normalized spacial score (nSPS) is 21.5. The van der Waals surface area contributed by atoms with Gasteiger partial charge in [-0.1, -0.05) is 12.1 Å². The SMILES string of the molecule is CCOC(=O)C1=C(CN2CCN3C(=NC#N)N(CC(C)(C)C(=O)O)CC3C2)NC(c2nccs2)=NC1c1cccc(F)c1C. The Balaban J connectivity index is 1.47. The number of benzene rings is 1. The van der Waals surface area contributed by atoms with Crippen molar-refractivity contribution < 1.29 is 23.8 Å². The summed E-state index contributed by atoms with van der Waals surface area (Å²) in [6.07, 6.45) is 3.55. The highest BCUT2D eigenvalue weighted by atomic mass is 32.1. The van der Waals surface area contributed by atoms with Gasteiger partial charge in [-0.15, -0.1) is 16.3 Å². The van der Waals surface area contributed by atoms with Gasteiger partial charge in [-0.05, 0) is 44.9 Å². The van der Waals surface area contributed by atoms with Crippen molar-refractivity contribution in [3.63, 3.8) is 0 Å². The number of thiazole rings is 1. The van der Waals surface area contributed by atoms with E-state index in [0.29, 0.717) is 71.9 Å². The minimum atomic E-state index is -1.04. The zero-order valence-corrected chi connectivity index (χ0v) is 25.9. The van der Waals surface area contributed by atoms with Gasteiger partial charge >= 0.3 is 11.9 Å². The third-order valence-corrected chi connectivity index (χ3v) is 8.87. The van der Waals surface area contributed by atoms with Gasteiger partial charge in [0.25, 0.3) is 0 Å². The lowest BCUT2D eigenvalue weighted by atomic mass is 9.92. The number of ether oxygens (including phenoxy) is 1. The van der Waals surface area contributed by atoms with Gasteiger partial charge in [0, 0.05) is 56.5 Å². The number of aromatic nitrogens is 1. The first-order valence-electron chi connectivity index (χ1n) is 14.4. The number of guanidine groups is 1. The molecule has 1 aromatic heterocycles. The van der Waals surface area contributed by atoms with Gasteiger partial charge in [-0.2, -0.15) is 5.26 Å². The predicted molar refractivity (Wildman–Crippen MR) is 162 cm³/mol. The molecule has 4 heterocycles. The standard InChI is InChI=1S/C30H35FN8O4S/c1-5-43-27(40)23-22(35-25(26-33-9-12-44-26)36-24(23)20-7-6-8-21(31)18(20)2)15-37-10-11-39-19(13-37)14-38(29(39)34-17-32)16-30(3,4)28(41)42/h6-9,12,19,24H,5,10-11,13-16H2,1-4H3,(H,35,36)(H,41,42). The van der Waals surface area contributed by atoms with Gasteiger partial charge in [0.05, 0.1) is 23.6 Å². The van der Waals surface area contributed by atoms with E-state index in [4.69, 9.17) is 9.73 Å². The van der Waals surface area contributed by atoms with Crippen LogP contribution >= 0.6 is 11.3 Å². The molecule has 0 saturated carbocycles. The molecule has 0 aliphatic carbocycles. The quantitative estimate of drug-likeness (QED) is 0.316. The molecule has 12 nitrogen and oxygen atoms in total. The van der Waals surface area contributed by atoms with Crippen LogP contribution in [0.1, 0.15) is 42.9 Å². The highest BCUT2D eigenvalue weighted by Crippen LogP contribution is 2.36. The highest BCUT2D eigenvalue weighted by molar-refractivity contribution is 7.11. The maximum absolute atomic E-state index is 14.8. The Hall–Kier alpha value is -4.35. The fourth-order valence-electron chi connectivity index (χ4n) is 5.85. The number of nitrogens with one attached hydrogen (secondary N) is 1. The molecule has 0 bridgehead atoms. The van der Waals surface area contributed by atoms with Crippen LogP contribution < -0.4 is 5.32 Å². The van der Waals surface area contributed by atoms with Crippen LogP contribution in [0.25, 0.3) is 0 Å². The number of rotatable bonds is 9. The Kier molecular flexibility index (Phi) is 8.98. The Bertz CT molecular complexity index is 1560. The molecule has 44 heavy (non-hydrogen) atoms. The molecular formula is C30H35FN8O4S. The average molecular weight is 623 g/mol. The minimum absolute atomic E-state index is 0.0518. The van der Waals surface area contributed by atoms with Gasteiger partial charge in [0.2, 0.25) is 12.2 Å². The molecule has 2 fully saturated rings. The van der Waals surface area contributed by atoms with Gasteiger partial charge in [0.15, 0.2) is 10.8 Å². The van der Waals surface area contributed by atoms with Crippen molar-refractivity contribution in [1.82, 2.24) is 25.0 Å². The second kappa shape index (κ2) is 12.7. The number of carbonyl (C=O) groups excluding carboxylic acids is 1. The summed E-state index contributed by atoms with van der Waals surface area (Å²) in [6, 6.07) is 3.90. The molecule has 2 aromatic rings. The predicted octanol–water partition coefficient (Wildman–Crippen LogP) is 2.75. The van der Waals surface area contributed by atoms with Crippen molar-refractivity contribution in [1.29, 1.82) is 5.26 Å². The molecule has 2 atom stereocenters. The highest BCUT2D eigenvalue weighted by Gasteiger charge is 2.43. The van der Waals surface area contributed by atoms with E-state index < -0.39 is 23.4 Å². The molecule has 0 amide bonds. The maximum Gasteiger partial charge on any atom is 0.338 e. The molecule has 1 aromatic carbocycles. The van der Waals surface area contributed by atoms with Crippen molar-refractivity contribution in [2.45, 2.75) is 39.8 Å². The third-order valence-electron chi connectivity index (χ3n) is 8.10. The monoisotopic (exact) mass is 622 g/mol. The van der Waals surface area contributed by atoms with E-state index in [-0.39, 0.29) is 25.0 Å². The Morgan fingerprint density at radius 1 is 1.32 bits per heavy atom. The number of halogens is 1. The van der Waals surface area contributed by atoms with Crippen LogP contribution in [0.4, 0.5) is 4.39 Å². The lowest BCUT2D eigenvalue weighted by Gasteiger charge is -2.38. The minimum Gasteiger partial charge on any atom is -0.481 e. The van der Waals surface area contributed by atoms with E-state index in [1.807, 2.05) is 21.4 Å². The van der Waals surface area contributed by atoms with Crippen molar-refractivity contribution in [2.24, 2.45) is 15.4 Å². The fraction of sp³-hybridized carbons (Fsp3) is 0.467. The number of nitrogens with zero attached hydrogens (tertiary/aromatic N) is 7. The number of carboxylic acids is 1. The van der Waals surface area contributed by atoms with Crippen LogP contribution in [0.3, 0.4) is 0 Å². The summed E-state index contributed by atoms with van der Waals surface area (Å²) in [5.74, 6) is -0.881. The van der Waals surface area contributed by atoms with Crippen LogP contribution in [0.5, 0.6) is 0 Å². The zero-order valence-electron chi connectivity index (χ0n) is 25.1. The van der Waals surface area contributed by atoms with E-state index in [9.17, 15) is 24.3 Å². The van der Waals surface area contributed by atoms with Crippen molar-refractivity contribution in [2.75, 3.05) is 45.9 Å². The summed E-state index contributed by atoms with van der Waals surface area (Å²) in [5.41, 5.74) is 0.836.